The fourth-order valence-corrected chi connectivity index (χ4v) is 1.43. The van der Waals surface area contributed by atoms with Crippen molar-refractivity contribution < 1.29 is 14.7 Å². The van der Waals surface area contributed by atoms with Crippen LogP contribution in [0.4, 0.5) is 0 Å². The molecule has 1 heterocycles. The average molecular weight is 229 g/mol. The lowest BCUT2D eigenvalue weighted by Gasteiger charge is -2.16. The number of hydrogen-bond acceptors (Lipinski definition) is 5. The van der Waals surface area contributed by atoms with Gasteiger partial charge in [-0.15, -0.1) is 5.10 Å². The SMILES string of the molecule is CC(C)C(NC(=O)c1csnn1)C(=O)O. The molecule has 0 saturated heterocycles. The van der Waals surface area contributed by atoms with Crippen molar-refractivity contribution in [1.29, 1.82) is 0 Å². The molecule has 0 aliphatic rings. The maximum atomic E-state index is 11.5. The monoisotopic (exact) mass is 229 g/mol. The quantitative estimate of drug-likeness (QED) is 0.778. The van der Waals surface area contributed by atoms with Crippen LogP contribution in [0.3, 0.4) is 0 Å². The number of carbonyl (C=O) groups is 2. The van der Waals surface area contributed by atoms with Gasteiger partial charge in [-0.25, -0.2) is 4.79 Å². The fraction of sp³-hybridized carbons (Fsp3) is 0.500. The van der Waals surface area contributed by atoms with Gasteiger partial charge >= 0.3 is 5.97 Å². The Labute approximate surface area is 90.5 Å². The molecule has 0 aliphatic carbocycles. The molecule has 15 heavy (non-hydrogen) atoms. The smallest absolute Gasteiger partial charge is 0.326 e. The summed E-state index contributed by atoms with van der Waals surface area (Å²) < 4.78 is 3.52. The number of aromatic nitrogens is 2. The first kappa shape index (κ1) is 11.6. The van der Waals surface area contributed by atoms with E-state index in [-0.39, 0.29) is 11.6 Å². The number of nitrogens with zero attached hydrogens (tertiary/aromatic N) is 2. The minimum Gasteiger partial charge on any atom is -0.480 e. The Balaban J connectivity index is 2.67. The number of rotatable bonds is 4. The Morgan fingerprint density at radius 2 is 2.20 bits per heavy atom. The Bertz CT molecular complexity index is 350. The zero-order chi connectivity index (χ0) is 11.4. The zero-order valence-corrected chi connectivity index (χ0v) is 9.11. The van der Waals surface area contributed by atoms with Gasteiger partial charge in [0.25, 0.3) is 5.91 Å². The normalized spacial score (nSPS) is 12.5. The predicted octanol–water partition coefficient (Wildman–Crippen LogP) is 0.377. The third kappa shape index (κ3) is 2.98. The second-order valence-electron chi connectivity index (χ2n) is 3.32. The van der Waals surface area contributed by atoms with Crippen molar-refractivity contribution >= 4 is 23.4 Å². The van der Waals surface area contributed by atoms with Crippen molar-refractivity contribution in [1.82, 2.24) is 14.9 Å². The van der Waals surface area contributed by atoms with Crippen LogP contribution in [-0.4, -0.2) is 32.6 Å². The van der Waals surface area contributed by atoms with Gasteiger partial charge in [0.2, 0.25) is 0 Å². The van der Waals surface area contributed by atoms with E-state index >= 15 is 0 Å². The molecule has 0 radical (unpaired) electrons. The van der Waals surface area contributed by atoms with Crippen LogP contribution in [0.15, 0.2) is 5.38 Å². The highest BCUT2D eigenvalue weighted by Gasteiger charge is 2.24. The van der Waals surface area contributed by atoms with Gasteiger partial charge in [0, 0.05) is 5.38 Å². The Hall–Kier alpha value is -1.50. The minimum absolute atomic E-state index is 0.145. The van der Waals surface area contributed by atoms with Crippen LogP contribution in [0, 0.1) is 5.92 Å². The van der Waals surface area contributed by atoms with Crippen molar-refractivity contribution in [3.63, 3.8) is 0 Å². The zero-order valence-electron chi connectivity index (χ0n) is 8.30. The molecular formula is C8H11N3O3S. The van der Waals surface area contributed by atoms with Gasteiger partial charge in [0.1, 0.15) is 6.04 Å². The second-order valence-corrected chi connectivity index (χ2v) is 3.93. The molecule has 0 spiro atoms. The van der Waals surface area contributed by atoms with Crippen LogP contribution >= 0.6 is 11.5 Å². The van der Waals surface area contributed by atoms with Crippen LogP contribution < -0.4 is 5.32 Å². The van der Waals surface area contributed by atoms with Crippen LogP contribution in [0.25, 0.3) is 0 Å². The van der Waals surface area contributed by atoms with E-state index in [4.69, 9.17) is 5.11 Å². The third-order valence-electron chi connectivity index (χ3n) is 1.81. The van der Waals surface area contributed by atoms with E-state index in [9.17, 15) is 9.59 Å². The molecule has 1 atom stereocenters. The summed E-state index contributed by atoms with van der Waals surface area (Å²) in [6, 6.07) is -0.904. The predicted molar refractivity (Wildman–Crippen MR) is 53.6 cm³/mol. The molecule has 82 valence electrons. The standard InChI is InChI=1S/C8H11N3O3S/c1-4(2)6(8(13)14)9-7(12)5-3-15-11-10-5/h3-4,6H,1-2H3,(H,9,12)(H,13,14). The number of carboxylic acids is 1. The molecule has 1 aromatic heterocycles. The van der Waals surface area contributed by atoms with E-state index in [1.54, 1.807) is 13.8 Å². The van der Waals surface area contributed by atoms with Gasteiger partial charge in [0.05, 0.1) is 0 Å². The van der Waals surface area contributed by atoms with Crippen LogP contribution in [0.1, 0.15) is 24.3 Å². The van der Waals surface area contributed by atoms with Crippen molar-refractivity contribution in [2.75, 3.05) is 0 Å². The summed E-state index contributed by atoms with van der Waals surface area (Å²) in [6.45, 7) is 3.44. The lowest BCUT2D eigenvalue weighted by atomic mass is 10.0. The number of aliphatic carboxylic acids is 1. The molecule has 0 bridgehead atoms. The molecular weight excluding hydrogens is 218 g/mol. The number of carbonyl (C=O) groups excluding carboxylic acids is 1. The molecule has 1 aromatic rings. The topological polar surface area (TPSA) is 92.2 Å². The molecule has 0 fully saturated rings. The van der Waals surface area contributed by atoms with E-state index < -0.39 is 17.9 Å². The molecule has 1 rings (SSSR count). The highest BCUT2D eigenvalue weighted by molar-refractivity contribution is 7.03. The van der Waals surface area contributed by atoms with E-state index in [1.165, 1.54) is 5.38 Å². The number of carboxylic acid groups (broad SMARTS) is 1. The highest BCUT2D eigenvalue weighted by Crippen LogP contribution is 2.04. The summed E-state index contributed by atoms with van der Waals surface area (Å²) in [4.78, 5) is 22.3. The lowest BCUT2D eigenvalue weighted by Crippen LogP contribution is -2.44. The molecule has 7 heteroatoms. The summed E-state index contributed by atoms with van der Waals surface area (Å²) in [5.74, 6) is -1.75. The number of amides is 1. The van der Waals surface area contributed by atoms with Crippen molar-refractivity contribution in [3.05, 3.63) is 11.1 Å². The third-order valence-corrected chi connectivity index (χ3v) is 2.32. The molecule has 1 unspecified atom stereocenters. The average Bonchev–Trinajstić information content (AvgIpc) is 2.65. The van der Waals surface area contributed by atoms with E-state index in [1.807, 2.05) is 0 Å². The van der Waals surface area contributed by atoms with E-state index in [0.717, 1.165) is 11.5 Å². The first-order valence-corrected chi connectivity index (χ1v) is 5.16. The van der Waals surface area contributed by atoms with Crippen LogP contribution in [0.2, 0.25) is 0 Å². The summed E-state index contributed by atoms with van der Waals surface area (Å²) in [6.07, 6.45) is 0. The van der Waals surface area contributed by atoms with E-state index in [2.05, 4.69) is 14.9 Å². The first-order chi connectivity index (χ1) is 7.02. The fourth-order valence-electron chi connectivity index (χ4n) is 0.992. The summed E-state index contributed by atoms with van der Waals surface area (Å²) in [5.41, 5.74) is 0.145. The van der Waals surface area contributed by atoms with Gasteiger partial charge in [0.15, 0.2) is 5.69 Å². The number of nitrogens with one attached hydrogen (secondary N) is 1. The summed E-state index contributed by atoms with van der Waals surface area (Å²) in [5, 5.41) is 16.2. The Morgan fingerprint density at radius 1 is 1.53 bits per heavy atom. The Kier molecular flexibility index (Phi) is 3.73. The largest absolute Gasteiger partial charge is 0.480 e. The van der Waals surface area contributed by atoms with Crippen molar-refractivity contribution in [2.24, 2.45) is 5.92 Å². The van der Waals surface area contributed by atoms with Crippen molar-refractivity contribution in [2.45, 2.75) is 19.9 Å². The molecule has 6 nitrogen and oxygen atoms in total. The molecule has 1 amide bonds. The second kappa shape index (κ2) is 4.83. The van der Waals surface area contributed by atoms with Gasteiger partial charge in [-0.1, -0.05) is 18.3 Å². The summed E-state index contributed by atoms with van der Waals surface area (Å²) >= 11 is 1.04. The van der Waals surface area contributed by atoms with E-state index in [0.29, 0.717) is 0 Å². The van der Waals surface area contributed by atoms with Crippen LogP contribution in [0.5, 0.6) is 0 Å². The van der Waals surface area contributed by atoms with Gasteiger partial charge < -0.3 is 10.4 Å². The maximum Gasteiger partial charge on any atom is 0.326 e. The van der Waals surface area contributed by atoms with Gasteiger partial charge in [-0.3, -0.25) is 4.79 Å². The Morgan fingerprint density at radius 3 is 2.60 bits per heavy atom. The minimum atomic E-state index is -1.05. The number of hydrogen-bond donors (Lipinski definition) is 2. The van der Waals surface area contributed by atoms with Gasteiger partial charge in [-0.2, -0.15) is 0 Å². The van der Waals surface area contributed by atoms with Crippen LogP contribution in [-0.2, 0) is 4.79 Å². The first-order valence-electron chi connectivity index (χ1n) is 4.33. The molecule has 2 N–H and O–H groups in total. The molecule has 0 aliphatic heterocycles. The molecule has 0 saturated carbocycles. The lowest BCUT2D eigenvalue weighted by molar-refractivity contribution is -0.140. The molecule has 0 aromatic carbocycles. The van der Waals surface area contributed by atoms with Crippen molar-refractivity contribution in [3.8, 4) is 0 Å². The van der Waals surface area contributed by atoms with Gasteiger partial charge in [-0.05, 0) is 17.5 Å². The summed E-state index contributed by atoms with van der Waals surface area (Å²) in [7, 11) is 0. The highest BCUT2D eigenvalue weighted by atomic mass is 32.1. The maximum absolute atomic E-state index is 11.5.